The Balaban J connectivity index is 1.72. The zero-order valence-corrected chi connectivity index (χ0v) is 13.0. The molecule has 7 nitrogen and oxygen atoms in total. The average molecular weight is 313 g/mol. The van der Waals surface area contributed by atoms with Gasteiger partial charge in [0.1, 0.15) is 5.69 Å². The highest BCUT2D eigenvalue weighted by Gasteiger charge is 2.20. The summed E-state index contributed by atoms with van der Waals surface area (Å²) in [7, 11) is 0. The van der Waals surface area contributed by atoms with Gasteiger partial charge in [-0.15, -0.1) is 0 Å². The zero-order chi connectivity index (χ0) is 16.1. The normalized spacial score (nSPS) is 14.6. The SMILES string of the molecule is Cc1cc(C(=O)N2CCOCC2)nc(NCc2cccnc2)n1. The monoisotopic (exact) mass is 313 g/mol. The fraction of sp³-hybridized carbons (Fsp3) is 0.375. The summed E-state index contributed by atoms with van der Waals surface area (Å²) in [5, 5.41) is 3.14. The van der Waals surface area contributed by atoms with Gasteiger partial charge in [0.15, 0.2) is 0 Å². The van der Waals surface area contributed by atoms with Gasteiger partial charge >= 0.3 is 0 Å². The molecule has 7 heteroatoms. The minimum absolute atomic E-state index is 0.0803. The fourth-order valence-corrected chi connectivity index (χ4v) is 2.37. The Morgan fingerprint density at radius 2 is 2.17 bits per heavy atom. The maximum atomic E-state index is 12.5. The Hall–Kier alpha value is -2.54. The molecule has 120 valence electrons. The van der Waals surface area contributed by atoms with Crippen molar-refractivity contribution in [2.24, 2.45) is 0 Å². The number of anilines is 1. The molecule has 1 fully saturated rings. The summed E-state index contributed by atoms with van der Waals surface area (Å²) in [5.74, 6) is 0.369. The lowest BCUT2D eigenvalue weighted by molar-refractivity contribution is 0.0299. The predicted octanol–water partition coefficient (Wildman–Crippen LogP) is 1.26. The number of hydrogen-bond donors (Lipinski definition) is 1. The maximum Gasteiger partial charge on any atom is 0.272 e. The summed E-state index contributed by atoms with van der Waals surface area (Å²) in [6, 6.07) is 5.56. The van der Waals surface area contributed by atoms with E-state index in [-0.39, 0.29) is 5.91 Å². The summed E-state index contributed by atoms with van der Waals surface area (Å²) in [4.78, 5) is 27.0. The largest absolute Gasteiger partial charge is 0.378 e. The van der Waals surface area contributed by atoms with Crippen LogP contribution in [0.4, 0.5) is 5.95 Å². The Morgan fingerprint density at radius 3 is 2.91 bits per heavy atom. The lowest BCUT2D eigenvalue weighted by Gasteiger charge is -2.26. The third-order valence-electron chi connectivity index (χ3n) is 3.55. The second-order valence-electron chi connectivity index (χ2n) is 5.34. The number of nitrogens with zero attached hydrogens (tertiary/aromatic N) is 4. The number of pyridine rings is 1. The minimum Gasteiger partial charge on any atom is -0.378 e. The summed E-state index contributed by atoms with van der Waals surface area (Å²) in [6.07, 6.45) is 3.51. The fourth-order valence-electron chi connectivity index (χ4n) is 2.37. The molecule has 1 N–H and O–H groups in total. The number of aromatic nitrogens is 3. The number of hydrogen-bond acceptors (Lipinski definition) is 6. The van der Waals surface area contributed by atoms with E-state index in [4.69, 9.17) is 4.74 Å². The van der Waals surface area contributed by atoms with Gasteiger partial charge in [-0.3, -0.25) is 9.78 Å². The van der Waals surface area contributed by atoms with E-state index in [9.17, 15) is 4.79 Å². The van der Waals surface area contributed by atoms with Crippen molar-refractivity contribution in [3.63, 3.8) is 0 Å². The highest BCUT2D eigenvalue weighted by Crippen LogP contribution is 2.10. The molecule has 23 heavy (non-hydrogen) atoms. The van der Waals surface area contributed by atoms with E-state index in [1.807, 2.05) is 19.1 Å². The summed E-state index contributed by atoms with van der Waals surface area (Å²) < 4.78 is 5.28. The lowest BCUT2D eigenvalue weighted by Crippen LogP contribution is -2.41. The molecule has 2 aromatic rings. The van der Waals surface area contributed by atoms with E-state index in [0.717, 1.165) is 11.3 Å². The van der Waals surface area contributed by atoms with E-state index in [1.165, 1.54) is 0 Å². The van der Waals surface area contributed by atoms with Crippen LogP contribution in [0, 0.1) is 6.92 Å². The van der Waals surface area contributed by atoms with Crippen LogP contribution in [0.3, 0.4) is 0 Å². The molecule has 1 aliphatic rings. The number of carbonyl (C=O) groups is 1. The summed E-state index contributed by atoms with van der Waals surface area (Å²) in [5.41, 5.74) is 2.19. The molecule has 1 amide bonds. The van der Waals surface area contributed by atoms with Gasteiger partial charge in [-0.05, 0) is 24.6 Å². The van der Waals surface area contributed by atoms with Crippen LogP contribution in [0.15, 0.2) is 30.6 Å². The second-order valence-corrected chi connectivity index (χ2v) is 5.34. The van der Waals surface area contributed by atoms with Crippen LogP contribution >= 0.6 is 0 Å². The zero-order valence-electron chi connectivity index (χ0n) is 13.0. The summed E-state index contributed by atoms with van der Waals surface area (Å²) in [6.45, 7) is 4.75. The van der Waals surface area contributed by atoms with Gasteiger partial charge in [0.25, 0.3) is 5.91 Å². The van der Waals surface area contributed by atoms with Crippen molar-refractivity contribution in [1.29, 1.82) is 0 Å². The second kappa shape index (κ2) is 7.15. The highest BCUT2D eigenvalue weighted by atomic mass is 16.5. The Labute approximate surface area is 134 Å². The van der Waals surface area contributed by atoms with Crippen molar-refractivity contribution >= 4 is 11.9 Å². The molecule has 0 aromatic carbocycles. The molecule has 3 heterocycles. The Bertz CT molecular complexity index is 671. The van der Waals surface area contributed by atoms with Crippen LogP contribution in [-0.4, -0.2) is 52.1 Å². The maximum absolute atomic E-state index is 12.5. The number of rotatable bonds is 4. The first-order valence-corrected chi connectivity index (χ1v) is 7.58. The van der Waals surface area contributed by atoms with Gasteiger partial charge < -0.3 is 15.0 Å². The number of ether oxygens (including phenoxy) is 1. The van der Waals surface area contributed by atoms with Crippen LogP contribution in [0.2, 0.25) is 0 Å². The molecular weight excluding hydrogens is 294 g/mol. The standard InChI is InChI=1S/C16H19N5O2/c1-12-9-14(15(22)21-5-7-23-8-6-21)20-16(19-12)18-11-13-3-2-4-17-10-13/h2-4,9-10H,5-8,11H2,1H3,(H,18,19,20). The van der Waals surface area contributed by atoms with Crippen molar-refractivity contribution in [3.05, 3.63) is 47.5 Å². The Morgan fingerprint density at radius 1 is 1.35 bits per heavy atom. The van der Waals surface area contributed by atoms with E-state index in [2.05, 4.69) is 20.3 Å². The molecule has 0 unspecified atom stereocenters. The first-order chi connectivity index (χ1) is 11.2. The average Bonchev–Trinajstić information content (AvgIpc) is 2.60. The van der Waals surface area contributed by atoms with Crippen LogP contribution in [-0.2, 0) is 11.3 Å². The third-order valence-corrected chi connectivity index (χ3v) is 3.55. The van der Waals surface area contributed by atoms with Gasteiger partial charge in [-0.1, -0.05) is 6.07 Å². The molecule has 0 aliphatic carbocycles. The van der Waals surface area contributed by atoms with E-state index >= 15 is 0 Å². The number of aryl methyl sites for hydroxylation is 1. The van der Waals surface area contributed by atoms with Crippen LogP contribution in [0.5, 0.6) is 0 Å². The van der Waals surface area contributed by atoms with Gasteiger partial charge in [0.2, 0.25) is 5.95 Å². The van der Waals surface area contributed by atoms with Crippen molar-refractivity contribution in [2.75, 3.05) is 31.6 Å². The lowest BCUT2D eigenvalue weighted by atomic mass is 10.2. The number of carbonyl (C=O) groups excluding carboxylic acids is 1. The number of morpholine rings is 1. The molecule has 0 radical (unpaired) electrons. The van der Waals surface area contributed by atoms with Crippen molar-refractivity contribution < 1.29 is 9.53 Å². The van der Waals surface area contributed by atoms with E-state index in [1.54, 1.807) is 23.4 Å². The topological polar surface area (TPSA) is 80.2 Å². The Kier molecular flexibility index (Phi) is 4.77. The van der Waals surface area contributed by atoms with Gasteiger partial charge in [0, 0.05) is 37.7 Å². The van der Waals surface area contributed by atoms with Crippen LogP contribution in [0.1, 0.15) is 21.7 Å². The molecule has 0 bridgehead atoms. The van der Waals surface area contributed by atoms with Gasteiger partial charge in [0.05, 0.1) is 13.2 Å². The first-order valence-electron chi connectivity index (χ1n) is 7.58. The van der Waals surface area contributed by atoms with Gasteiger partial charge in [-0.25, -0.2) is 9.97 Å². The molecule has 3 rings (SSSR count). The molecule has 0 atom stereocenters. The molecule has 0 saturated carbocycles. The smallest absolute Gasteiger partial charge is 0.272 e. The molecule has 2 aromatic heterocycles. The van der Waals surface area contributed by atoms with Crippen LogP contribution in [0.25, 0.3) is 0 Å². The summed E-state index contributed by atoms with van der Waals surface area (Å²) >= 11 is 0. The van der Waals surface area contributed by atoms with E-state index in [0.29, 0.717) is 44.5 Å². The van der Waals surface area contributed by atoms with E-state index < -0.39 is 0 Å². The molecule has 0 spiro atoms. The minimum atomic E-state index is -0.0803. The van der Waals surface area contributed by atoms with Crippen molar-refractivity contribution in [1.82, 2.24) is 19.9 Å². The highest BCUT2D eigenvalue weighted by molar-refractivity contribution is 5.92. The van der Waals surface area contributed by atoms with Crippen molar-refractivity contribution in [3.8, 4) is 0 Å². The molecule has 1 saturated heterocycles. The first kappa shape index (κ1) is 15.4. The van der Waals surface area contributed by atoms with Crippen LogP contribution < -0.4 is 5.32 Å². The van der Waals surface area contributed by atoms with Crippen molar-refractivity contribution in [2.45, 2.75) is 13.5 Å². The quantitative estimate of drug-likeness (QED) is 0.915. The molecule has 1 aliphatic heterocycles. The van der Waals surface area contributed by atoms with Gasteiger partial charge in [-0.2, -0.15) is 0 Å². The number of nitrogens with one attached hydrogen (secondary N) is 1. The third kappa shape index (κ3) is 4.01. The number of amides is 1. The predicted molar refractivity (Wildman–Crippen MR) is 85.1 cm³/mol. The molecular formula is C16H19N5O2.